The third-order valence-corrected chi connectivity index (χ3v) is 9.40. The second kappa shape index (κ2) is 4.62. The number of hydrogen-bond donors (Lipinski definition) is 0. The summed E-state index contributed by atoms with van der Waals surface area (Å²) < 4.78 is 5.88. The van der Waals surface area contributed by atoms with E-state index in [1.165, 1.54) is 38.5 Å². The lowest BCUT2D eigenvalue weighted by atomic mass is 9.44. The molecule has 4 saturated carbocycles. The molecule has 0 spiro atoms. The Bertz CT molecular complexity index is 542. The molecule has 1 aliphatic heterocycles. The Morgan fingerprint density at radius 2 is 1.87 bits per heavy atom. The van der Waals surface area contributed by atoms with Crippen molar-refractivity contribution in [2.45, 2.75) is 84.3 Å². The lowest BCUT2D eigenvalue weighted by Gasteiger charge is -2.59. The van der Waals surface area contributed by atoms with Gasteiger partial charge in [-0.1, -0.05) is 27.2 Å². The summed E-state index contributed by atoms with van der Waals surface area (Å²) in [6, 6.07) is 0. The van der Waals surface area contributed by atoms with E-state index in [2.05, 4.69) is 20.8 Å². The van der Waals surface area contributed by atoms with Gasteiger partial charge >= 0.3 is 0 Å². The molecule has 9 atom stereocenters. The van der Waals surface area contributed by atoms with E-state index < -0.39 is 0 Å². The number of ketones is 1. The van der Waals surface area contributed by atoms with Crippen molar-refractivity contribution in [2.24, 2.45) is 40.4 Å². The molecule has 3 unspecified atom stereocenters. The van der Waals surface area contributed by atoms with Gasteiger partial charge in [0.25, 0.3) is 0 Å². The van der Waals surface area contributed by atoms with E-state index in [0.717, 1.165) is 18.8 Å². The Kier molecular flexibility index (Phi) is 3.00. The van der Waals surface area contributed by atoms with E-state index in [1.807, 2.05) is 0 Å². The molecule has 5 rings (SSSR count). The van der Waals surface area contributed by atoms with Crippen molar-refractivity contribution >= 4 is 5.78 Å². The molecule has 4 aliphatic carbocycles. The van der Waals surface area contributed by atoms with Gasteiger partial charge < -0.3 is 4.74 Å². The fourth-order valence-electron chi connectivity index (χ4n) is 7.97. The van der Waals surface area contributed by atoms with Gasteiger partial charge in [-0.2, -0.15) is 0 Å². The number of epoxide rings is 1. The fourth-order valence-corrected chi connectivity index (χ4v) is 7.97. The smallest absolute Gasteiger partial charge is 0.136 e. The average Bonchev–Trinajstić information content (AvgIpc) is 3.16. The molecule has 0 N–H and O–H groups in total. The summed E-state index contributed by atoms with van der Waals surface area (Å²) in [5.41, 5.74) is 0.823. The first-order valence-electron chi connectivity index (χ1n) is 10.2. The Morgan fingerprint density at radius 3 is 2.65 bits per heavy atom. The minimum Gasteiger partial charge on any atom is -0.370 e. The highest BCUT2D eigenvalue weighted by Gasteiger charge is 2.65. The number of carbonyl (C=O) groups is 1. The Balaban J connectivity index is 1.50. The summed E-state index contributed by atoms with van der Waals surface area (Å²) in [6.45, 7) is 7.41. The van der Waals surface area contributed by atoms with Crippen LogP contribution in [0.2, 0.25) is 0 Å². The summed E-state index contributed by atoms with van der Waals surface area (Å²) >= 11 is 0. The van der Waals surface area contributed by atoms with Crippen molar-refractivity contribution < 1.29 is 9.53 Å². The van der Waals surface area contributed by atoms with Crippen LogP contribution in [-0.2, 0) is 9.53 Å². The maximum atomic E-state index is 13.2. The van der Waals surface area contributed by atoms with Gasteiger partial charge in [-0.05, 0) is 73.0 Å². The molecule has 0 aromatic heterocycles. The van der Waals surface area contributed by atoms with E-state index in [0.29, 0.717) is 52.5 Å². The molecular weight excluding hydrogens is 284 g/mol. The minimum absolute atomic E-state index is 0.377. The van der Waals surface area contributed by atoms with Gasteiger partial charge in [0.05, 0.1) is 12.2 Å². The average molecular weight is 316 g/mol. The highest BCUT2D eigenvalue weighted by Crippen LogP contribution is 2.68. The van der Waals surface area contributed by atoms with E-state index in [1.54, 1.807) is 0 Å². The van der Waals surface area contributed by atoms with Gasteiger partial charge in [-0.25, -0.2) is 0 Å². The zero-order valence-corrected chi connectivity index (χ0v) is 15.0. The van der Waals surface area contributed by atoms with Gasteiger partial charge in [-0.3, -0.25) is 4.79 Å². The quantitative estimate of drug-likeness (QED) is 0.661. The monoisotopic (exact) mass is 316 g/mol. The summed E-state index contributed by atoms with van der Waals surface area (Å²) in [4.78, 5) is 13.2. The van der Waals surface area contributed by atoms with Crippen LogP contribution in [0, 0.1) is 40.4 Å². The lowest BCUT2D eigenvalue weighted by molar-refractivity contribution is -0.154. The summed E-state index contributed by atoms with van der Waals surface area (Å²) in [6.07, 6.45) is 10.9. The van der Waals surface area contributed by atoms with Gasteiger partial charge in [-0.15, -0.1) is 0 Å². The van der Waals surface area contributed by atoms with Crippen LogP contribution < -0.4 is 0 Å². The summed E-state index contributed by atoms with van der Waals surface area (Å²) in [7, 11) is 0. The van der Waals surface area contributed by atoms with Gasteiger partial charge in [0, 0.05) is 12.3 Å². The van der Waals surface area contributed by atoms with E-state index >= 15 is 0 Å². The van der Waals surface area contributed by atoms with Crippen LogP contribution in [0.4, 0.5) is 0 Å². The topological polar surface area (TPSA) is 29.6 Å². The number of ether oxygens (including phenoxy) is 1. The van der Waals surface area contributed by atoms with Crippen LogP contribution in [0.25, 0.3) is 0 Å². The molecule has 0 aromatic carbocycles. The van der Waals surface area contributed by atoms with Crippen molar-refractivity contribution in [3.63, 3.8) is 0 Å². The van der Waals surface area contributed by atoms with Crippen LogP contribution in [0.1, 0.15) is 72.1 Å². The largest absolute Gasteiger partial charge is 0.370 e. The number of fused-ring (bicyclic) bond motifs is 6. The fraction of sp³-hybridized carbons (Fsp3) is 0.952. The minimum atomic E-state index is 0.377. The van der Waals surface area contributed by atoms with Gasteiger partial charge in [0.15, 0.2) is 0 Å². The van der Waals surface area contributed by atoms with Crippen molar-refractivity contribution in [3.05, 3.63) is 0 Å². The van der Waals surface area contributed by atoms with E-state index in [4.69, 9.17) is 4.74 Å². The standard InChI is InChI=1S/C21H32O2/c1-4-12-5-6-14-19-15(7-8-20(12,14)2)21(3)11-18-17(23-18)10-13(21)9-16(19)22/h12-15,17-19H,4-11H2,1-3H3/t12-,13+,14?,15?,17+,18-,19?,20+,21-/m0/s1. The van der Waals surface area contributed by atoms with Gasteiger partial charge in [0.1, 0.15) is 5.78 Å². The second-order valence-corrected chi connectivity index (χ2v) is 9.99. The molecular formula is C21H32O2. The predicted molar refractivity (Wildman–Crippen MR) is 89.9 cm³/mol. The van der Waals surface area contributed by atoms with Crippen LogP contribution in [-0.4, -0.2) is 18.0 Å². The lowest BCUT2D eigenvalue weighted by Crippen LogP contribution is -2.57. The molecule has 0 bridgehead atoms. The second-order valence-electron chi connectivity index (χ2n) is 9.99. The normalized spacial score (nSPS) is 60.5. The summed E-state index contributed by atoms with van der Waals surface area (Å²) in [5.74, 6) is 3.79. The zero-order valence-electron chi connectivity index (χ0n) is 15.0. The van der Waals surface area contributed by atoms with Crippen molar-refractivity contribution in [3.8, 4) is 0 Å². The Labute approximate surface area is 140 Å². The molecule has 1 heterocycles. The van der Waals surface area contributed by atoms with Crippen molar-refractivity contribution in [2.75, 3.05) is 0 Å². The first-order chi connectivity index (χ1) is 11.0. The van der Waals surface area contributed by atoms with E-state index in [-0.39, 0.29) is 0 Å². The molecule has 0 radical (unpaired) electrons. The van der Waals surface area contributed by atoms with E-state index in [9.17, 15) is 4.79 Å². The first kappa shape index (κ1) is 14.9. The molecule has 5 aliphatic rings. The third kappa shape index (κ3) is 1.82. The molecule has 23 heavy (non-hydrogen) atoms. The van der Waals surface area contributed by atoms with Crippen LogP contribution >= 0.6 is 0 Å². The first-order valence-corrected chi connectivity index (χ1v) is 10.2. The predicted octanol–water partition coefficient (Wildman–Crippen LogP) is 4.61. The number of carbonyl (C=O) groups excluding carboxylic acids is 1. The molecule has 0 amide bonds. The molecule has 2 heteroatoms. The highest BCUT2D eigenvalue weighted by molar-refractivity contribution is 5.83. The number of hydrogen-bond acceptors (Lipinski definition) is 2. The summed E-state index contributed by atoms with van der Waals surface area (Å²) in [5, 5.41) is 0. The Hall–Kier alpha value is -0.370. The van der Waals surface area contributed by atoms with Crippen molar-refractivity contribution in [1.82, 2.24) is 0 Å². The Morgan fingerprint density at radius 1 is 1.09 bits per heavy atom. The third-order valence-electron chi connectivity index (χ3n) is 9.40. The molecule has 128 valence electrons. The van der Waals surface area contributed by atoms with Crippen LogP contribution in [0.3, 0.4) is 0 Å². The van der Waals surface area contributed by atoms with Gasteiger partial charge in [0.2, 0.25) is 0 Å². The molecule has 0 aromatic rings. The maximum Gasteiger partial charge on any atom is 0.136 e. The number of Topliss-reactive ketones (excluding diaryl/α,β-unsaturated/α-hetero) is 1. The molecule has 5 fully saturated rings. The van der Waals surface area contributed by atoms with Crippen LogP contribution in [0.5, 0.6) is 0 Å². The molecule has 2 nitrogen and oxygen atoms in total. The highest BCUT2D eigenvalue weighted by atomic mass is 16.6. The molecule has 1 saturated heterocycles. The van der Waals surface area contributed by atoms with Crippen LogP contribution in [0.15, 0.2) is 0 Å². The number of rotatable bonds is 1. The SMILES string of the molecule is CC[C@H]1CCC2C3C(=O)C[C@@H]4C[C@H]5O[C@H]5C[C@]4(C)C3CC[C@@]21C. The van der Waals surface area contributed by atoms with Crippen molar-refractivity contribution in [1.29, 1.82) is 0 Å². The zero-order chi connectivity index (χ0) is 16.0. The maximum absolute atomic E-state index is 13.2.